The summed E-state index contributed by atoms with van der Waals surface area (Å²) in [6.07, 6.45) is 2.02. The Labute approximate surface area is 188 Å². The molecule has 1 aromatic heterocycles. The fraction of sp³-hybridized carbons (Fsp3) is 0.364. The van der Waals surface area contributed by atoms with Crippen molar-refractivity contribution in [2.75, 3.05) is 6.61 Å². The van der Waals surface area contributed by atoms with Crippen LogP contribution >= 0.6 is 11.6 Å². The number of pyridine rings is 1. The van der Waals surface area contributed by atoms with Crippen LogP contribution in [0.5, 0.6) is 11.5 Å². The maximum atomic E-state index is 13.7. The van der Waals surface area contributed by atoms with Gasteiger partial charge in [0.05, 0.1) is 11.2 Å². The predicted octanol–water partition coefficient (Wildman–Crippen LogP) is 2.40. The summed E-state index contributed by atoms with van der Waals surface area (Å²) in [5.74, 6) is -1.05. The molecule has 0 radical (unpaired) electrons. The lowest BCUT2D eigenvalue weighted by Crippen LogP contribution is -2.80. The van der Waals surface area contributed by atoms with Gasteiger partial charge in [0.15, 0.2) is 12.7 Å². The molecule has 2 bridgehead atoms. The van der Waals surface area contributed by atoms with Crippen molar-refractivity contribution in [3.8, 4) is 17.6 Å². The number of nitrogens with two attached hydrogens (primary N) is 1. The minimum absolute atomic E-state index is 0.0469. The third-order valence-corrected chi connectivity index (χ3v) is 6.27. The molecule has 32 heavy (non-hydrogen) atoms. The Morgan fingerprint density at radius 3 is 2.66 bits per heavy atom. The van der Waals surface area contributed by atoms with Crippen LogP contribution in [-0.4, -0.2) is 35.0 Å². The van der Waals surface area contributed by atoms with Gasteiger partial charge in [0.1, 0.15) is 29.1 Å². The van der Waals surface area contributed by atoms with Crippen LogP contribution in [0.2, 0.25) is 5.02 Å². The first kappa shape index (κ1) is 21.8. The first-order chi connectivity index (χ1) is 15.2. The molecule has 3 aliphatic carbocycles. The number of halogens is 2. The van der Waals surface area contributed by atoms with E-state index in [9.17, 15) is 14.0 Å². The number of amides is 2. The average molecular weight is 459 g/mol. The quantitative estimate of drug-likeness (QED) is 0.625. The highest BCUT2D eigenvalue weighted by molar-refractivity contribution is 6.30. The van der Waals surface area contributed by atoms with Gasteiger partial charge in [-0.15, -0.1) is 0 Å². The van der Waals surface area contributed by atoms with E-state index in [4.69, 9.17) is 32.1 Å². The van der Waals surface area contributed by atoms with Gasteiger partial charge in [0.25, 0.3) is 11.8 Å². The molecule has 2 aromatic rings. The highest BCUT2D eigenvalue weighted by Gasteiger charge is 2.73. The number of aromatic nitrogens is 1. The van der Waals surface area contributed by atoms with E-state index in [0.29, 0.717) is 36.3 Å². The molecular formula is C22H20ClFN4O4. The summed E-state index contributed by atoms with van der Waals surface area (Å²) in [5, 5.41) is 11.8. The maximum absolute atomic E-state index is 13.7. The first-order valence-electron chi connectivity index (χ1n) is 9.87. The molecule has 2 amide bonds. The fourth-order valence-electron chi connectivity index (χ4n) is 4.67. The van der Waals surface area contributed by atoms with E-state index in [-0.39, 0.29) is 23.3 Å². The molecule has 5 rings (SSSR count). The van der Waals surface area contributed by atoms with E-state index in [0.717, 1.165) is 6.07 Å². The van der Waals surface area contributed by atoms with Crippen LogP contribution in [0.3, 0.4) is 0 Å². The van der Waals surface area contributed by atoms with E-state index in [1.165, 1.54) is 18.3 Å². The third kappa shape index (κ3) is 3.94. The highest BCUT2D eigenvalue weighted by Crippen LogP contribution is 2.69. The molecule has 1 atom stereocenters. The normalized spacial score (nSPS) is 23.7. The van der Waals surface area contributed by atoms with Crippen molar-refractivity contribution in [2.45, 2.75) is 37.8 Å². The molecule has 3 aliphatic rings. The van der Waals surface area contributed by atoms with Gasteiger partial charge in [0, 0.05) is 17.0 Å². The van der Waals surface area contributed by atoms with Crippen LogP contribution in [0.25, 0.3) is 0 Å². The molecule has 3 fully saturated rings. The molecule has 10 heteroatoms. The van der Waals surface area contributed by atoms with Crippen LogP contribution in [0.4, 0.5) is 4.39 Å². The van der Waals surface area contributed by atoms with Gasteiger partial charge in [0.2, 0.25) is 0 Å². The number of primary amides is 1. The van der Waals surface area contributed by atoms with Crippen LogP contribution in [0.1, 0.15) is 30.5 Å². The lowest BCUT2D eigenvalue weighted by atomic mass is 9.37. The lowest BCUT2D eigenvalue weighted by molar-refractivity contribution is -0.208. The van der Waals surface area contributed by atoms with Gasteiger partial charge in [-0.2, -0.15) is 5.26 Å². The van der Waals surface area contributed by atoms with Gasteiger partial charge in [-0.3, -0.25) is 9.59 Å². The number of nitrogens with one attached hydrogen (secondary N) is 1. The Balaban J connectivity index is 1.31. The van der Waals surface area contributed by atoms with Gasteiger partial charge in [-0.1, -0.05) is 11.6 Å². The van der Waals surface area contributed by atoms with Gasteiger partial charge in [-0.05, 0) is 49.9 Å². The summed E-state index contributed by atoms with van der Waals surface area (Å²) in [4.78, 5) is 28.3. The highest BCUT2D eigenvalue weighted by atomic mass is 35.5. The number of carbonyl (C=O) groups excluding carboxylic acids is 2. The number of ether oxygens (including phenoxy) is 2. The zero-order chi connectivity index (χ0) is 23.1. The van der Waals surface area contributed by atoms with Crippen molar-refractivity contribution < 1.29 is 23.5 Å². The molecule has 1 unspecified atom stereocenters. The zero-order valence-electron chi connectivity index (χ0n) is 17.2. The summed E-state index contributed by atoms with van der Waals surface area (Å²) < 4.78 is 24.9. The number of nitrogens with zero attached hydrogens (tertiary/aromatic N) is 2. The molecular weight excluding hydrogens is 439 g/mol. The van der Waals surface area contributed by atoms with Crippen molar-refractivity contribution in [3.05, 3.63) is 52.6 Å². The summed E-state index contributed by atoms with van der Waals surface area (Å²) in [7, 11) is 0. The van der Waals surface area contributed by atoms with Crippen molar-refractivity contribution >= 4 is 23.4 Å². The second-order valence-corrected chi connectivity index (χ2v) is 8.84. The number of hydrogen-bond acceptors (Lipinski definition) is 6. The molecule has 8 nitrogen and oxygen atoms in total. The number of hydrogen-bond donors (Lipinski definition) is 2. The average Bonchev–Trinajstić information content (AvgIpc) is 2.69. The first-order valence-corrected chi connectivity index (χ1v) is 10.2. The molecule has 1 heterocycles. The standard InChI is InChI=1S/C22H20ClFN4O4/c1-12-4-14(7-27-17(12)6-25)31-8-18(29)28-22-9-21(10-22,11-22)19(20(26)30)32-13-2-3-15(23)16(24)5-13/h2-5,7,19H,8-11H2,1H3,(H2,26,30)(H,28,29). The summed E-state index contributed by atoms with van der Waals surface area (Å²) in [6.45, 7) is 1.52. The van der Waals surface area contributed by atoms with Crippen LogP contribution in [0, 0.1) is 29.5 Å². The summed E-state index contributed by atoms with van der Waals surface area (Å²) in [6, 6.07) is 7.54. The van der Waals surface area contributed by atoms with Crippen molar-refractivity contribution in [1.29, 1.82) is 5.26 Å². The Morgan fingerprint density at radius 1 is 1.34 bits per heavy atom. The Bertz CT molecular complexity index is 1130. The van der Waals surface area contributed by atoms with E-state index < -0.39 is 28.8 Å². The second kappa shape index (κ2) is 7.95. The van der Waals surface area contributed by atoms with Gasteiger partial charge < -0.3 is 20.5 Å². The van der Waals surface area contributed by atoms with E-state index in [1.807, 2.05) is 6.07 Å². The van der Waals surface area contributed by atoms with E-state index >= 15 is 0 Å². The fourth-order valence-corrected chi connectivity index (χ4v) is 4.79. The summed E-state index contributed by atoms with van der Waals surface area (Å²) >= 11 is 5.68. The van der Waals surface area contributed by atoms with Crippen LogP contribution in [-0.2, 0) is 9.59 Å². The molecule has 3 N–H and O–H groups in total. The Hall–Kier alpha value is -3.38. The van der Waals surface area contributed by atoms with E-state index in [1.54, 1.807) is 13.0 Å². The molecule has 166 valence electrons. The summed E-state index contributed by atoms with van der Waals surface area (Å²) in [5.41, 5.74) is 5.58. The SMILES string of the molecule is Cc1cc(OCC(=O)NC23CC(C(Oc4ccc(Cl)c(F)c4)C(N)=O)(C2)C3)cnc1C#N. The second-order valence-electron chi connectivity index (χ2n) is 8.43. The monoisotopic (exact) mass is 458 g/mol. The number of benzene rings is 1. The lowest BCUT2D eigenvalue weighted by Gasteiger charge is -2.71. The van der Waals surface area contributed by atoms with Crippen LogP contribution < -0.4 is 20.5 Å². The van der Waals surface area contributed by atoms with E-state index in [2.05, 4.69) is 10.3 Å². The van der Waals surface area contributed by atoms with Crippen LogP contribution in [0.15, 0.2) is 30.5 Å². The zero-order valence-corrected chi connectivity index (χ0v) is 17.9. The van der Waals surface area contributed by atoms with Crippen molar-refractivity contribution in [3.63, 3.8) is 0 Å². The Morgan fingerprint density at radius 2 is 2.06 bits per heavy atom. The number of aryl methyl sites for hydroxylation is 1. The third-order valence-electron chi connectivity index (χ3n) is 5.96. The number of carbonyl (C=O) groups is 2. The molecule has 0 aliphatic heterocycles. The molecule has 0 spiro atoms. The molecule has 3 saturated carbocycles. The number of rotatable bonds is 8. The van der Waals surface area contributed by atoms with Crippen molar-refractivity contribution in [2.24, 2.45) is 11.1 Å². The topological polar surface area (TPSA) is 127 Å². The minimum atomic E-state index is -0.939. The number of nitriles is 1. The van der Waals surface area contributed by atoms with Gasteiger partial charge in [-0.25, -0.2) is 9.37 Å². The molecule has 1 aromatic carbocycles. The minimum Gasteiger partial charge on any atom is -0.482 e. The maximum Gasteiger partial charge on any atom is 0.259 e. The van der Waals surface area contributed by atoms with Crippen molar-refractivity contribution in [1.82, 2.24) is 10.3 Å². The predicted molar refractivity (Wildman–Crippen MR) is 111 cm³/mol. The largest absolute Gasteiger partial charge is 0.482 e. The van der Waals surface area contributed by atoms with Gasteiger partial charge >= 0.3 is 0 Å². The molecule has 0 saturated heterocycles. The smallest absolute Gasteiger partial charge is 0.259 e. The Kier molecular flexibility index (Phi) is 5.42.